The number of pyridine rings is 1. The first-order valence-electron chi connectivity index (χ1n) is 6.50. The largest absolute Gasteiger partial charge is 0.507 e. The Bertz CT molecular complexity index is 865. The Labute approximate surface area is 135 Å². The highest BCUT2D eigenvalue weighted by atomic mass is 79.9. The fourth-order valence-corrected chi connectivity index (χ4v) is 2.33. The van der Waals surface area contributed by atoms with Gasteiger partial charge in [-0.25, -0.2) is 4.98 Å². The van der Waals surface area contributed by atoms with E-state index in [-0.39, 0.29) is 11.5 Å². The van der Waals surface area contributed by atoms with E-state index in [1.165, 1.54) is 12.3 Å². The van der Waals surface area contributed by atoms with Gasteiger partial charge in [0.05, 0.1) is 16.2 Å². The third-order valence-corrected chi connectivity index (χ3v) is 3.71. The van der Waals surface area contributed by atoms with E-state index in [4.69, 9.17) is 0 Å². The number of nitrogens with zero attached hydrogens (tertiary/aromatic N) is 2. The SMILES string of the molecule is Oc1cc(O)c(C=NNc2ccc3ccccc3n2)cc1Br. The number of phenols is 2. The molecule has 0 atom stereocenters. The van der Waals surface area contributed by atoms with Crippen LogP contribution in [-0.2, 0) is 0 Å². The van der Waals surface area contributed by atoms with Crippen LogP contribution in [0, 0.1) is 0 Å². The maximum absolute atomic E-state index is 9.74. The quantitative estimate of drug-likeness (QED) is 0.491. The van der Waals surface area contributed by atoms with Crippen molar-refractivity contribution in [3.05, 3.63) is 58.6 Å². The maximum atomic E-state index is 9.74. The molecule has 0 bridgehead atoms. The van der Waals surface area contributed by atoms with Gasteiger partial charge in [0.25, 0.3) is 0 Å². The van der Waals surface area contributed by atoms with Gasteiger partial charge < -0.3 is 10.2 Å². The molecule has 3 aromatic rings. The lowest BCUT2D eigenvalue weighted by Gasteiger charge is -2.03. The zero-order valence-corrected chi connectivity index (χ0v) is 12.9. The Balaban J connectivity index is 1.80. The minimum atomic E-state index is -0.0577. The van der Waals surface area contributed by atoms with Crippen molar-refractivity contribution in [1.29, 1.82) is 0 Å². The Morgan fingerprint density at radius 3 is 2.73 bits per heavy atom. The second-order valence-electron chi connectivity index (χ2n) is 4.62. The first-order chi connectivity index (χ1) is 10.6. The van der Waals surface area contributed by atoms with Crippen molar-refractivity contribution in [2.24, 2.45) is 5.10 Å². The average Bonchev–Trinajstić information content (AvgIpc) is 2.52. The summed E-state index contributed by atoms with van der Waals surface area (Å²) in [7, 11) is 0. The van der Waals surface area contributed by atoms with Gasteiger partial charge in [0.2, 0.25) is 0 Å². The number of aromatic hydroxyl groups is 2. The number of nitrogens with one attached hydrogen (secondary N) is 1. The first kappa shape index (κ1) is 14.3. The molecule has 0 radical (unpaired) electrons. The summed E-state index contributed by atoms with van der Waals surface area (Å²) in [5, 5.41) is 24.3. The van der Waals surface area contributed by atoms with Crippen molar-refractivity contribution in [2.75, 3.05) is 5.43 Å². The van der Waals surface area contributed by atoms with Crippen LogP contribution in [0.1, 0.15) is 5.56 Å². The minimum Gasteiger partial charge on any atom is -0.507 e. The van der Waals surface area contributed by atoms with E-state index in [0.717, 1.165) is 10.9 Å². The summed E-state index contributed by atoms with van der Waals surface area (Å²) in [5.74, 6) is 0.517. The second kappa shape index (κ2) is 6.03. The van der Waals surface area contributed by atoms with Crippen LogP contribution in [0.3, 0.4) is 0 Å². The molecule has 3 N–H and O–H groups in total. The lowest BCUT2D eigenvalue weighted by molar-refractivity contribution is 0.448. The highest BCUT2D eigenvalue weighted by Crippen LogP contribution is 2.30. The number of anilines is 1. The molecule has 0 spiro atoms. The van der Waals surface area contributed by atoms with Gasteiger partial charge in [0.15, 0.2) is 0 Å². The molecule has 5 nitrogen and oxygen atoms in total. The number of hydrogen-bond donors (Lipinski definition) is 3. The van der Waals surface area contributed by atoms with Crippen molar-refractivity contribution in [2.45, 2.75) is 0 Å². The molecule has 1 heterocycles. The molecule has 0 fully saturated rings. The predicted octanol–water partition coefficient (Wildman–Crippen LogP) is 3.85. The first-order valence-corrected chi connectivity index (χ1v) is 7.29. The number of hydrogen-bond acceptors (Lipinski definition) is 5. The number of halogens is 1. The lowest BCUT2D eigenvalue weighted by Crippen LogP contribution is -1.94. The van der Waals surface area contributed by atoms with Crippen LogP contribution in [0.5, 0.6) is 11.5 Å². The summed E-state index contributed by atoms with van der Waals surface area (Å²) in [6, 6.07) is 14.4. The molecular weight excluding hydrogens is 346 g/mol. The number of phenolic OH excluding ortho intramolecular Hbond substituents is 2. The summed E-state index contributed by atoms with van der Waals surface area (Å²) < 4.78 is 0.482. The Kier molecular flexibility index (Phi) is 3.93. The molecule has 0 aliphatic heterocycles. The molecule has 0 unspecified atom stereocenters. The van der Waals surface area contributed by atoms with Gasteiger partial charge >= 0.3 is 0 Å². The monoisotopic (exact) mass is 357 g/mol. The van der Waals surface area contributed by atoms with Crippen LogP contribution < -0.4 is 5.43 Å². The third kappa shape index (κ3) is 3.01. The zero-order chi connectivity index (χ0) is 15.5. The van der Waals surface area contributed by atoms with E-state index in [9.17, 15) is 10.2 Å². The molecular formula is C16H12BrN3O2. The molecule has 0 amide bonds. The molecule has 22 heavy (non-hydrogen) atoms. The summed E-state index contributed by atoms with van der Waals surface area (Å²) in [6.45, 7) is 0. The molecule has 6 heteroatoms. The number of benzene rings is 2. The summed E-state index contributed by atoms with van der Waals surface area (Å²) in [5.41, 5.74) is 4.16. The Morgan fingerprint density at radius 1 is 1.05 bits per heavy atom. The fourth-order valence-electron chi connectivity index (χ4n) is 1.97. The maximum Gasteiger partial charge on any atom is 0.146 e. The van der Waals surface area contributed by atoms with Crippen molar-refractivity contribution in [1.82, 2.24) is 4.98 Å². The van der Waals surface area contributed by atoms with Gasteiger partial charge in [0.1, 0.15) is 17.3 Å². The van der Waals surface area contributed by atoms with E-state index in [2.05, 4.69) is 31.4 Å². The number of hydrazone groups is 1. The van der Waals surface area contributed by atoms with Crippen LogP contribution in [0.2, 0.25) is 0 Å². The van der Waals surface area contributed by atoms with Gasteiger partial charge in [0, 0.05) is 17.0 Å². The number of fused-ring (bicyclic) bond motifs is 1. The highest BCUT2D eigenvalue weighted by Gasteiger charge is 2.04. The molecule has 0 aliphatic carbocycles. The third-order valence-electron chi connectivity index (χ3n) is 3.08. The molecule has 0 saturated heterocycles. The molecule has 1 aromatic heterocycles. The van der Waals surface area contributed by atoms with Crippen molar-refractivity contribution >= 4 is 38.9 Å². The number of rotatable bonds is 3. The van der Waals surface area contributed by atoms with Gasteiger partial charge in [-0.1, -0.05) is 18.2 Å². The summed E-state index contributed by atoms with van der Waals surface area (Å²) >= 11 is 3.19. The van der Waals surface area contributed by atoms with Crippen molar-refractivity contribution < 1.29 is 10.2 Å². The van der Waals surface area contributed by atoms with E-state index >= 15 is 0 Å². The lowest BCUT2D eigenvalue weighted by atomic mass is 10.2. The number of aromatic nitrogens is 1. The van der Waals surface area contributed by atoms with Gasteiger partial charge in [-0.3, -0.25) is 5.43 Å². The van der Waals surface area contributed by atoms with Crippen LogP contribution in [0.4, 0.5) is 5.82 Å². The normalized spacial score (nSPS) is 11.1. The van der Waals surface area contributed by atoms with E-state index in [0.29, 0.717) is 15.9 Å². The van der Waals surface area contributed by atoms with Crippen LogP contribution in [0.15, 0.2) is 58.1 Å². The van der Waals surface area contributed by atoms with E-state index in [1.807, 2.05) is 36.4 Å². The van der Waals surface area contributed by atoms with E-state index < -0.39 is 0 Å². The topological polar surface area (TPSA) is 77.7 Å². The van der Waals surface area contributed by atoms with Gasteiger partial charge in [-0.05, 0) is 40.2 Å². The van der Waals surface area contributed by atoms with Gasteiger partial charge in [-0.2, -0.15) is 5.10 Å². The van der Waals surface area contributed by atoms with Crippen molar-refractivity contribution in [3.63, 3.8) is 0 Å². The number of para-hydroxylation sites is 1. The van der Waals surface area contributed by atoms with Crippen LogP contribution in [-0.4, -0.2) is 21.4 Å². The van der Waals surface area contributed by atoms with Crippen LogP contribution >= 0.6 is 15.9 Å². The standard InChI is InChI=1S/C16H12BrN3O2/c17-12-7-11(14(21)8-15(12)22)9-18-20-16-6-5-10-3-1-2-4-13(10)19-16/h1-9,21-22H,(H,19,20). The smallest absolute Gasteiger partial charge is 0.146 e. The average molecular weight is 358 g/mol. The summed E-state index contributed by atoms with van der Waals surface area (Å²) in [4.78, 5) is 4.42. The predicted molar refractivity (Wildman–Crippen MR) is 90.4 cm³/mol. The molecule has 0 saturated carbocycles. The second-order valence-corrected chi connectivity index (χ2v) is 5.48. The molecule has 0 aliphatic rings. The zero-order valence-electron chi connectivity index (χ0n) is 11.4. The van der Waals surface area contributed by atoms with Crippen molar-refractivity contribution in [3.8, 4) is 11.5 Å². The molecule has 3 rings (SSSR count). The fraction of sp³-hybridized carbons (Fsp3) is 0. The van der Waals surface area contributed by atoms with E-state index in [1.54, 1.807) is 6.07 Å². The minimum absolute atomic E-state index is 0.0289. The molecule has 110 valence electrons. The van der Waals surface area contributed by atoms with Crippen LogP contribution in [0.25, 0.3) is 10.9 Å². The Morgan fingerprint density at radius 2 is 1.86 bits per heavy atom. The Hall–Kier alpha value is -2.60. The van der Waals surface area contributed by atoms with Gasteiger partial charge in [-0.15, -0.1) is 0 Å². The molecule has 2 aromatic carbocycles. The summed E-state index contributed by atoms with van der Waals surface area (Å²) in [6.07, 6.45) is 1.45. The highest BCUT2D eigenvalue weighted by molar-refractivity contribution is 9.10.